The molecular weight excluding hydrogens is 693 g/mol. The maximum Gasteiger partial charge on any atom is 0.135 e. The molecule has 0 aromatic heterocycles. The Morgan fingerprint density at radius 1 is 0.228 bits per heavy atom. The van der Waals surface area contributed by atoms with E-state index in [0.29, 0.717) is 0 Å². The number of para-hydroxylation sites is 5. The molecule has 0 N–H and O–H groups in total. The van der Waals surface area contributed by atoms with Crippen molar-refractivity contribution in [3.8, 4) is 56.0 Å². The minimum absolute atomic E-state index is 0.871. The first-order chi connectivity index (χ1) is 28.3. The Bertz CT molecular complexity index is 2740. The second kappa shape index (κ2) is 14.9. The number of hydrogen-bond acceptors (Lipinski definition) is 3. The van der Waals surface area contributed by atoms with Gasteiger partial charge in [-0.25, -0.2) is 0 Å². The van der Waals surface area contributed by atoms with Crippen molar-refractivity contribution in [1.82, 2.24) is 0 Å². The zero-order valence-corrected chi connectivity index (χ0v) is 31.2. The molecule has 0 spiro atoms. The lowest BCUT2D eigenvalue weighted by atomic mass is 9.91. The van der Waals surface area contributed by atoms with Crippen LogP contribution in [0.3, 0.4) is 0 Å². The molecule has 0 radical (unpaired) electrons. The van der Waals surface area contributed by atoms with Crippen LogP contribution >= 0.6 is 0 Å². The van der Waals surface area contributed by atoms with Crippen LogP contribution in [-0.2, 0) is 0 Å². The third kappa shape index (κ3) is 6.62. The van der Waals surface area contributed by atoms with Crippen LogP contribution in [0.15, 0.2) is 231 Å². The van der Waals surface area contributed by atoms with Gasteiger partial charge in [0.25, 0.3) is 0 Å². The van der Waals surface area contributed by atoms with E-state index in [9.17, 15) is 0 Å². The van der Waals surface area contributed by atoms with Crippen LogP contribution in [0.5, 0.6) is 11.5 Å². The number of nitrogens with zero attached hydrogens (tertiary/aromatic N) is 2. The van der Waals surface area contributed by atoms with Gasteiger partial charge in [0.05, 0.1) is 0 Å². The first-order valence-corrected chi connectivity index (χ1v) is 19.3. The number of benzene rings is 9. The highest BCUT2D eigenvalue weighted by Crippen LogP contribution is 2.48. The van der Waals surface area contributed by atoms with Crippen molar-refractivity contribution in [2.45, 2.75) is 0 Å². The molecule has 10 rings (SSSR count). The van der Waals surface area contributed by atoms with Gasteiger partial charge in [0.1, 0.15) is 11.5 Å². The minimum Gasteiger partial charge on any atom is -0.456 e. The van der Waals surface area contributed by atoms with Gasteiger partial charge in [-0.3, -0.25) is 0 Å². The average Bonchev–Trinajstić information content (AvgIpc) is 3.43. The lowest BCUT2D eigenvalue weighted by Gasteiger charge is -2.26. The molecule has 0 unspecified atom stereocenters. The van der Waals surface area contributed by atoms with Crippen molar-refractivity contribution in [2.75, 3.05) is 9.80 Å². The Hall–Kier alpha value is -7.62. The quantitative estimate of drug-likeness (QED) is 0.155. The van der Waals surface area contributed by atoms with Crippen LogP contribution in [0.1, 0.15) is 0 Å². The smallest absolute Gasteiger partial charge is 0.135 e. The van der Waals surface area contributed by atoms with Gasteiger partial charge in [0, 0.05) is 45.3 Å². The third-order valence-electron chi connectivity index (χ3n) is 10.7. The number of fused-ring (bicyclic) bond motifs is 5. The summed E-state index contributed by atoms with van der Waals surface area (Å²) in [7, 11) is 0. The van der Waals surface area contributed by atoms with E-state index in [4.69, 9.17) is 4.74 Å². The fourth-order valence-corrected chi connectivity index (χ4v) is 7.89. The third-order valence-corrected chi connectivity index (χ3v) is 10.7. The standard InChI is InChI=1S/C54H38N2O/c1-4-14-43(15-5-1)55(44-16-6-2-7-17-44)46-31-24-39(25-32-46)40-26-33-47(34-27-40)56(45-18-8-3-9-19-45)48-35-28-41(29-36-48)42-30-37-49-50-20-10-12-22-53(50)57-54-23-13-11-21-51(54)52(49)38-42/h1-38H. The van der Waals surface area contributed by atoms with Crippen molar-refractivity contribution in [2.24, 2.45) is 0 Å². The second-order valence-corrected chi connectivity index (χ2v) is 14.2. The fourth-order valence-electron chi connectivity index (χ4n) is 7.89. The minimum atomic E-state index is 0.871. The van der Waals surface area contributed by atoms with Crippen molar-refractivity contribution >= 4 is 34.1 Å². The first-order valence-electron chi connectivity index (χ1n) is 19.3. The maximum atomic E-state index is 6.43. The molecule has 0 saturated carbocycles. The summed E-state index contributed by atoms with van der Waals surface area (Å²) >= 11 is 0. The van der Waals surface area contributed by atoms with E-state index in [1.165, 1.54) is 16.7 Å². The van der Waals surface area contributed by atoms with Gasteiger partial charge in [-0.1, -0.05) is 140 Å². The molecule has 0 bridgehead atoms. The molecule has 270 valence electrons. The zero-order valence-electron chi connectivity index (χ0n) is 31.2. The highest BCUT2D eigenvalue weighted by Gasteiger charge is 2.21. The van der Waals surface area contributed by atoms with Crippen molar-refractivity contribution in [1.29, 1.82) is 0 Å². The van der Waals surface area contributed by atoms with Crippen molar-refractivity contribution in [3.63, 3.8) is 0 Å². The monoisotopic (exact) mass is 730 g/mol. The van der Waals surface area contributed by atoms with Gasteiger partial charge in [-0.15, -0.1) is 0 Å². The summed E-state index contributed by atoms with van der Waals surface area (Å²) in [6.07, 6.45) is 0. The predicted molar refractivity (Wildman–Crippen MR) is 238 cm³/mol. The maximum absolute atomic E-state index is 6.43. The highest BCUT2D eigenvalue weighted by atomic mass is 16.5. The zero-order chi connectivity index (χ0) is 38.0. The molecule has 0 aliphatic carbocycles. The van der Waals surface area contributed by atoms with Gasteiger partial charge in [0.15, 0.2) is 0 Å². The molecule has 3 heteroatoms. The van der Waals surface area contributed by atoms with E-state index >= 15 is 0 Å². The van der Waals surface area contributed by atoms with Gasteiger partial charge < -0.3 is 14.5 Å². The molecule has 1 heterocycles. The molecule has 3 nitrogen and oxygen atoms in total. The summed E-state index contributed by atoms with van der Waals surface area (Å²) < 4.78 is 6.43. The van der Waals surface area contributed by atoms with Gasteiger partial charge in [0.2, 0.25) is 0 Å². The van der Waals surface area contributed by atoms with Crippen LogP contribution in [0.25, 0.3) is 44.5 Å². The summed E-state index contributed by atoms with van der Waals surface area (Å²) in [4.78, 5) is 4.60. The van der Waals surface area contributed by atoms with Crippen LogP contribution < -0.4 is 14.5 Å². The topological polar surface area (TPSA) is 15.7 Å². The molecule has 1 aliphatic rings. The van der Waals surface area contributed by atoms with Gasteiger partial charge in [-0.05, 0) is 124 Å². The van der Waals surface area contributed by atoms with Crippen molar-refractivity contribution in [3.05, 3.63) is 231 Å². The molecule has 0 saturated heterocycles. The molecule has 9 aromatic rings. The fraction of sp³-hybridized carbons (Fsp3) is 0. The molecule has 0 fully saturated rings. The van der Waals surface area contributed by atoms with E-state index in [0.717, 1.165) is 73.4 Å². The summed E-state index contributed by atoms with van der Waals surface area (Å²) in [6.45, 7) is 0. The van der Waals surface area contributed by atoms with Crippen LogP contribution in [0.2, 0.25) is 0 Å². The molecule has 9 aromatic carbocycles. The van der Waals surface area contributed by atoms with E-state index in [2.05, 4.69) is 222 Å². The summed E-state index contributed by atoms with van der Waals surface area (Å²) in [5, 5.41) is 0. The van der Waals surface area contributed by atoms with E-state index in [1.54, 1.807) is 0 Å². The average molecular weight is 731 g/mol. The van der Waals surface area contributed by atoms with Gasteiger partial charge >= 0.3 is 0 Å². The lowest BCUT2D eigenvalue weighted by Crippen LogP contribution is -2.09. The predicted octanol–water partition coefficient (Wildman–Crippen LogP) is 15.4. The normalized spacial score (nSPS) is 11.3. The number of hydrogen-bond donors (Lipinski definition) is 0. The summed E-state index contributed by atoms with van der Waals surface area (Å²) in [5.41, 5.74) is 15.8. The lowest BCUT2D eigenvalue weighted by molar-refractivity contribution is 0.488. The molecule has 57 heavy (non-hydrogen) atoms. The summed E-state index contributed by atoms with van der Waals surface area (Å²) in [5.74, 6) is 1.75. The largest absolute Gasteiger partial charge is 0.456 e. The highest BCUT2D eigenvalue weighted by molar-refractivity contribution is 5.93. The molecule has 1 aliphatic heterocycles. The van der Waals surface area contributed by atoms with Crippen LogP contribution in [0, 0.1) is 0 Å². The number of anilines is 6. The Labute approximate surface area is 334 Å². The molecule has 0 atom stereocenters. The molecular formula is C54H38N2O. The molecule has 0 amide bonds. The van der Waals surface area contributed by atoms with Crippen LogP contribution in [0.4, 0.5) is 34.1 Å². The second-order valence-electron chi connectivity index (χ2n) is 14.2. The number of rotatable bonds is 8. The first kappa shape index (κ1) is 33.9. The van der Waals surface area contributed by atoms with Crippen molar-refractivity contribution < 1.29 is 4.74 Å². The number of ether oxygens (including phenoxy) is 1. The summed E-state index contributed by atoms with van der Waals surface area (Å²) in [6, 6.07) is 81.6. The Morgan fingerprint density at radius 3 is 0.965 bits per heavy atom. The van der Waals surface area contributed by atoms with E-state index in [-0.39, 0.29) is 0 Å². The van der Waals surface area contributed by atoms with Gasteiger partial charge in [-0.2, -0.15) is 0 Å². The SMILES string of the molecule is c1ccc(N(c2ccccc2)c2ccc(-c3ccc(N(c4ccccc4)c4ccc(-c5ccc6c(c5)-c5ccccc5Oc5ccccc5-6)cc4)cc3)cc2)cc1. The van der Waals surface area contributed by atoms with E-state index < -0.39 is 0 Å². The van der Waals surface area contributed by atoms with E-state index in [1.807, 2.05) is 18.2 Å². The Morgan fingerprint density at radius 2 is 0.544 bits per heavy atom. The Kier molecular flexibility index (Phi) is 8.86. The Balaban J connectivity index is 0.953. The van der Waals surface area contributed by atoms with Crippen LogP contribution in [-0.4, -0.2) is 0 Å².